The van der Waals surface area contributed by atoms with E-state index < -0.39 is 16.0 Å². The Morgan fingerprint density at radius 1 is 1.35 bits per heavy atom. The molecule has 26 heavy (non-hydrogen) atoms. The first-order chi connectivity index (χ1) is 12.4. The standard InChI is InChI=1S/C17H23N3O5S/c1-2-3-9-25-10-5-8-19-17(21)14(12-18)13-20-15-6-4-7-16(11-15)26(22,23)24/h4,6-7,11,13,20H,2-3,5,8-10H2,1H3,(H,19,21)(H,22,23,24)/b14-13-. The molecule has 0 saturated heterocycles. The maximum atomic E-state index is 11.9. The number of carbonyl (C=O) groups excluding carboxylic acids is 1. The topological polar surface area (TPSA) is 129 Å². The Morgan fingerprint density at radius 2 is 2.08 bits per heavy atom. The highest BCUT2D eigenvalue weighted by Crippen LogP contribution is 2.15. The van der Waals surface area contributed by atoms with Crippen LogP contribution in [-0.2, 0) is 19.6 Å². The Hall–Kier alpha value is -2.41. The van der Waals surface area contributed by atoms with Crippen LogP contribution in [0.15, 0.2) is 40.9 Å². The van der Waals surface area contributed by atoms with Gasteiger partial charge in [0.1, 0.15) is 11.6 Å². The third-order valence-electron chi connectivity index (χ3n) is 3.27. The second kappa shape index (κ2) is 11.3. The fourth-order valence-electron chi connectivity index (χ4n) is 1.87. The highest BCUT2D eigenvalue weighted by molar-refractivity contribution is 7.85. The Bertz CT molecular complexity index is 769. The number of amides is 1. The smallest absolute Gasteiger partial charge is 0.294 e. The Kier molecular flexibility index (Phi) is 9.36. The summed E-state index contributed by atoms with van der Waals surface area (Å²) >= 11 is 0. The van der Waals surface area contributed by atoms with Gasteiger partial charge in [0.05, 0.1) is 4.90 Å². The van der Waals surface area contributed by atoms with Crippen molar-refractivity contribution in [3.05, 3.63) is 36.0 Å². The number of carbonyl (C=O) groups is 1. The summed E-state index contributed by atoms with van der Waals surface area (Å²) in [5.74, 6) is -0.542. The van der Waals surface area contributed by atoms with Crippen molar-refractivity contribution < 1.29 is 22.5 Å². The molecule has 0 heterocycles. The van der Waals surface area contributed by atoms with Crippen molar-refractivity contribution in [1.82, 2.24) is 5.32 Å². The van der Waals surface area contributed by atoms with Crippen LogP contribution in [0, 0.1) is 11.3 Å². The first-order valence-corrected chi connectivity index (χ1v) is 9.62. The van der Waals surface area contributed by atoms with Crippen LogP contribution in [0.2, 0.25) is 0 Å². The third-order valence-corrected chi connectivity index (χ3v) is 4.12. The zero-order valence-electron chi connectivity index (χ0n) is 14.6. The number of anilines is 1. The highest BCUT2D eigenvalue weighted by Gasteiger charge is 2.10. The minimum atomic E-state index is -4.33. The van der Waals surface area contributed by atoms with Gasteiger partial charge in [0.2, 0.25) is 0 Å². The highest BCUT2D eigenvalue weighted by atomic mass is 32.2. The van der Waals surface area contributed by atoms with Crippen molar-refractivity contribution in [2.45, 2.75) is 31.1 Å². The van der Waals surface area contributed by atoms with Crippen molar-refractivity contribution in [3.8, 4) is 6.07 Å². The van der Waals surface area contributed by atoms with Gasteiger partial charge < -0.3 is 15.4 Å². The largest absolute Gasteiger partial charge is 0.381 e. The normalized spacial score (nSPS) is 11.7. The number of nitrogens with one attached hydrogen (secondary N) is 2. The molecule has 1 aromatic carbocycles. The molecule has 0 bridgehead atoms. The molecule has 1 rings (SSSR count). The molecule has 0 saturated carbocycles. The van der Waals surface area contributed by atoms with Gasteiger partial charge >= 0.3 is 0 Å². The van der Waals surface area contributed by atoms with Crippen LogP contribution in [0.25, 0.3) is 0 Å². The van der Waals surface area contributed by atoms with E-state index in [1.807, 2.05) is 0 Å². The number of benzene rings is 1. The molecule has 0 fully saturated rings. The van der Waals surface area contributed by atoms with Crippen LogP contribution in [0.1, 0.15) is 26.2 Å². The first kappa shape index (κ1) is 21.6. The van der Waals surface area contributed by atoms with Crippen molar-refractivity contribution >= 4 is 21.7 Å². The maximum Gasteiger partial charge on any atom is 0.294 e. The zero-order chi connectivity index (χ0) is 19.4. The fraction of sp³-hybridized carbons (Fsp3) is 0.412. The Labute approximate surface area is 153 Å². The van der Waals surface area contributed by atoms with E-state index in [0.717, 1.165) is 12.8 Å². The predicted molar refractivity (Wildman–Crippen MR) is 96.9 cm³/mol. The van der Waals surface area contributed by atoms with E-state index in [9.17, 15) is 13.2 Å². The van der Waals surface area contributed by atoms with E-state index in [2.05, 4.69) is 17.6 Å². The summed E-state index contributed by atoms with van der Waals surface area (Å²) in [4.78, 5) is 11.6. The number of unbranched alkanes of at least 4 members (excludes halogenated alkanes) is 1. The van der Waals surface area contributed by atoms with E-state index >= 15 is 0 Å². The second-order valence-corrected chi connectivity index (χ2v) is 6.81. The van der Waals surface area contributed by atoms with Gasteiger partial charge in [-0.1, -0.05) is 19.4 Å². The molecule has 1 aromatic rings. The molecule has 8 nitrogen and oxygen atoms in total. The predicted octanol–water partition coefficient (Wildman–Crippen LogP) is 2.08. The number of nitriles is 1. The lowest BCUT2D eigenvalue weighted by Gasteiger charge is -2.06. The number of ether oxygens (including phenoxy) is 1. The molecule has 0 aliphatic heterocycles. The molecule has 0 spiro atoms. The lowest BCUT2D eigenvalue weighted by Crippen LogP contribution is -2.26. The number of nitrogens with zero attached hydrogens (tertiary/aromatic N) is 1. The summed E-state index contributed by atoms with van der Waals surface area (Å²) in [5.41, 5.74) is 0.152. The molecule has 0 aromatic heterocycles. The fourth-order valence-corrected chi connectivity index (χ4v) is 2.40. The summed E-state index contributed by atoms with van der Waals surface area (Å²) in [6.45, 7) is 3.68. The van der Waals surface area contributed by atoms with E-state index in [4.69, 9.17) is 14.6 Å². The molecule has 0 atom stereocenters. The molecular formula is C17H23N3O5S. The third kappa shape index (κ3) is 8.11. The average molecular weight is 381 g/mol. The zero-order valence-corrected chi connectivity index (χ0v) is 15.4. The summed E-state index contributed by atoms with van der Waals surface area (Å²) in [5, 5.41) is 14.4. The van der Waals surface area contributed by atoms with Gasteiger partial charge in [-0.3, -0.25) is 9.35 Å². The van der Waals surface area contributed by atoms with Crippen LogP contribution in [-0.4, -0.2) is 38.6 Å². The minimum Gasteiger partial charge on any atom is -0.381 e. The number of hydrogen-bond acceptors (Lipinski definition) is 6. The molecule has 0 aliphatic carbocycles. The van der Waals surface area contributed by atoms with E-state index in [1.54, 1.807) is 6.07 Å². The van der Waals surface area contributed by atoms with Crippen LogP contribution in [0.3, 0.4) is 0 Å². The average Bonchev–Trinajstić information content (AvgIpc) is 2.61. The Morgan fingerprint density at radius 3 is 2.73 bits per heavy atom. The molecule has 0 radical (unpaired) electrons. The van der Waals surface area contributed by atoms with Crippen LogP contribution < -0.4 is 10.6 Å². The van der Waals surface area contributed by atoms with Crippen molar-refractivity contribution in [2.75, 3.05) is 25.1 Å². The SMILES string of the molecule is CCCCOCCCNC(=O)/C(C#N)=C\Nc1cccc(S(=O)(=O)O)c1. The second-order valence-electron chi connectivity index (χ2n) is 5.39. The van der Waals surface area contributed by atoms with Gasteiger partial charge in [-0.15, -0.1) is 0 Å². The van der Waals surface area contributed by atoms with Crippen molar-refractivity contribution in [2.24, 2.45) is 0 Å². The van der Waals surface area contributed by atoms with Gasteiger partial charge in [-0.05, 0) is 31.0 Å². The van der Waals surface area contributed by atoms with Gasteiger partial charge in [-0.2, -0.15) is 13.7 Å². The maximum absolute atomic E-state index is 11.9. The molecular weight excluding hydrogens is 358 g/mol. The lowest BCUT2D eigenvalue weighted by atomic mass is 10.2. The summed E-state index contributed by atoms with van der Waals surface area (Å²) in [7, 11) is -4.33. The van der Waals surface area contributed by atoms with Gasteiger partial charge in [0.25, 0.3) is 16.0 Å². The lowest BCUT2D eigenvalue weighted by molar-refractivity contribution is -0.117. The van der Waals surface area contributed by atoms with Crippen molar-refractivity contribution in [1.29, 1.82) is 5.26 Å². The molecule has 0 unspecified atom stereocenters. The van der Waals surface area contributed by atoms with Crippen LogP contribution >= 0.6 is 0 Å². The number of hydrogen-bond donors (Lipinski definition) is 3. The summed E-state index contributed by atoms with van der Waals surface area (Å²) < 4.78 is 36.6. The van der Waals surface area contributed by atoms with Gasteiger partial charge in [0.15, 0.2) is 0 Å². The molecule has 1 amide bonds. The van der Waals surface area contributed by atoms with E-state index in [1.165, 1.54) is 30.5 Å². The molecule has 9 heteroatoms. The van der Waals surface area contributed by atoms with E-state index in [-0.39, 0.29) is 10.5 Å². The van der Waals surface area contributed by atoms with Gasteiger partial charge in [-0.25, -0.2) is 0 Å². The molecule has 3 N–H and O–H groups in total. The van der Waals surface area contributed by atoms with Crippen molar-refractivity contribution in [3.63, 3.8) is 0 Å². The van der Waals surface area contributed by atoms with E-state index in [0.29, 0.717) is 31.9 Å². The number of rotatable bonds is 11. The molecule has 142 valence electrons. The first-order valence-electron chi connectivity index (χ1n) is 8.18. The summed E-state index contributed by atoms with van der Waals surface area (Å²) in [6, 6.07) is 7.14. The Balaban J connectivity index is 2.52. The quantitative estimate of drug-likeness (QED) is 0.232. The van der Waals surface area contributed by atoms with Crippen LogP contribution in [0.4, 0.5) is 5.69 Å². The minimum absolute atomic E-state index is 0.158. The van der Waals surface area contributed by atoms with Crippen LogP contribution in [0.5, 0.6) is 0 Å². The summed E-state index contributed by atoms with van der Waals surface area (Å²) in [6.07, 6.45) is 3.87. The van der Waals surface area contributed by atoms with Gasteiger partial charge in [0, 0.05) is 31.6 Å². The molecule has 0 aliphatic rings. The monoisotopic (exact) mass is 381 g/mol.